The van der Waals surface area contributed by atoms with Crippen molar-refractivity contribution in [1.29, 1.82) is 0 Å². The summed E-state index contributed by atoms with van der Waals surface area (Å²) in [5.41, 5.74) is 1.51. The third kappa shape index (κ3) is 5.40. The van der Waals surface area contributed by atoms with E-state index in [1.165, 1.54) is 0 Å². The molecule has 1 rings (SSSR count). The maximum atomic E-state index is 11.9. The van der Waals surface area contributed by atoms with E-state index in [9.17, 15) is 9.59 Å². The van der Waals surface area contributed by atoms with Gasteiger partial charge in [0.05, 0.1) is 0 Å². The Morgan fingerprint density at radius 3 is 2.60 bits per heavy atom. The largest absolute Gasteiger partial charge is 0.387 e. The summed E-state index contributed by atoms with van der Waals surface area (Å²) in [4.78, 5) is 22.9. The van der Waals surface area contributed by atoms with Gasteiger partial charge in [-0.25, -0.2) is 0 Å². The molecule has 5 heteroatoms. The number of benzene rings is 1. The minimum Gasteiger partial charge on any atom is -0.387 e. The molecule has 0 saturated carbocycles. The number of para-hydroxylation sites is 1. The average molecular weight is 278 g/mol. The van der Waals surface area contributed by atoms with E-state index in [2.05, 4.69) is 17.6 Å². The Bertz CT molecular complexity index is 460. The van der Waals surface area contributed by atoms with Gasteiger partial charge in [-0.1, -0.05) is 38.5 Å². The van der Waals surface area contributed by atoms with Crippen LogP contribution >= 0.6 is 0 Å². The topological polar surface area (TPSA) is 78.4 Å². The van der Waals surface area contributed by atoms with Crippen LogP contribution in [0.15, 0.2) is 24.3 Å². The number of rotatable bonds is 7. The van der Waals surface area contributed by atoms with E-state index in [4.69, 9.17) is 5.11 Å². The smallest absolute Gasteiger partial charge is 0.245 e. The predicted molar refractivity (Wildman–Crippen MR) is 78.1 cm³/mol. The normalized spacial score (nSPS) is 11.8. The molecular weight excluding hydrogens is 256 g/mol. The first-order valence-electron chi connectivity index (χ1n) is 6.82. The van der Waals surface area contributed by atoms with E-state index in [-0.39, 0.29) is 12.5 Å². The molecule has 0 aromatic heterocycles. The second-order valence-electron chi connectivity index (χ2n) is 4.86. The predicted octanol–water partition coefficient (Wildman–Crippen LogP) is 1.67. The van der Waals surface area contributed by atoms with Crippen LogP contribution in [0.2, 0.25) is 0 Å². The number of aliphatic hydroxyl groups excluding tert-OH is 1. The molecule has 110 valence electrons. The maximum absolute atomic E-state index is 11.9. The standard InChI is InChI=1S/C15H22N2O3/c1-3-11(2)8-14(19)17-13-7-5-4-6-12(13)9-16-15(20)10-18/h4-7,11,18H,3,8-10H2,1-2H3,(H,16,20)(H,17,19). The molecule has 0 aliphatic heterocycles. The summed E-state index contributed by atoms with van der Waals surface area (Å²) in [6, 6.07) is 7.30. The molecule has 0 bridgehead atoms. The number of hydrogen-bond donors (Lipinski definition) is 3. The van der Waals surface area contributed by atoms with Crippen LogP contribution in [0.3, 0.4) is 0 Å². The second-order valence-corrected chi connectivity index (χ2v) is 4.86. The Balaban J connectivity index is 2.65. The zero-order chi connectivity index (χ0) is 15.0. The molecule has 0 spiro atoms. The van der Waals surface area contributed by atoms with E-state index >= 15 is 0 Å². The lowest BCUT2D eigenvalue weighted by molar-refractivity contribution is -0.124. The van der Waals surface area contributed by atoms with Crippen LogP contribution in [0.1, 0.15) is 32.3 Å². The molecule has 0 heterocycles. The van der Waals surface area contributed by atoms with Gasteiger partial charge in [-0.3, -0.25) is 9.59 Å². The Morgan fingerprint density at radius 2 is 1.95 bits per heavy atom. The second kappa shape index (κ2) is 8.32. The van der Waals surface area contributed by atoms with Gasteiger partial charge in [0.15, 0.2) is 0 Å². The number of nitrogens with one attached hydrogen (secondary N) is 2. The number of amides is 2. The fourth-order valence-corrected chi connectivity index (χ4v) is 1.71. The van der Waals surface area contributed by atoms with Crippen LogP contribution in [0.25, 0.3) is 0 Å². The molecule has 0 saturated heterocycles. The van der Waals surface area contributed by atoms with Gasteiger partial charge in [-0.2, -0.15) is 0 Å². The van der Waals surface area contributed by atoms with Crippen molar-refractivity contribution in [2.45, 2.75) is 33.2 Å². The molecule has 0 aliphatic carbocycles. The zero-order valence-corrected chi connectivity index (χ0v) is 12.0. The van der Waals surface area contributed by atoms with E-state index < -0.39 is 12.5 Å². The number of aliphatic hydroxyl groups is 1. The van der Waals surface area contributed by atoms with E-state index in [1.807, 2.05) is 25.1 Å². The number of hydrogen-bond acceptors (Lipinski definition) is 3. The lowest BCUT2D eigenvalue weighted by Crippen LogP contribution is -2.26. The van der Waals surface area contributed by atoms with Gasteiger partial charge >= 0.3 is 0 Å². The minimum absolute atomic E-state index is 0.0275. The van der Waals surface area contributed by atoms with Crippen molar-refractivity contribution < 1.29 is 14.7 Å². The molecule has 20 heavy (non-hydrogen) atoms. The lowest BCUT2D eigenvalue weighted by atomic mass is 10.0. The summed E-state index contributed by atoms with van der Waals surface area (Å²) in [5, 5.41) is 14.1. The number of carbonyl (C=O) groups excluding carboxylic acids is 2. The first-order valence-corrected chi connectivity index (χ1v) is 6.82. The lowest BCUT2D eigenvalue weighted by Gasteiger charge is -2.13. The van der Waals surface area contributed by atoms with Gasteiger partial charge in [0.2, 0.25) is 11.8 Å². The molecule has 1 aromatic carbocycles. The minimum atomic E-state index is -0.539. The van der Waals surface area contributed by atoms with Crippen molar-refractivity contribution in [1.82, 2.24) is 5.32 Å². The highest BCUT2D eigenvalue weighted by Gasteiger charge is 2.10. The van der Waals surface area contributed by atoms with Crippen molar-refractivity contribution in [2.75, 3.05) is 11.9 Å². The number of anilines is 1. The summed E-state index contributed by atoms with van der Waals surface area (Å²) in [5.74, 6) is -0.123. The molecule has 1 aromatic rings. The summed E-state index contributed by atoms with van der Waals surface area (Å²) >= 11 is 0. The average Bonchev–Trinajstić information content (AvgIpc) is 2.45. The Kier molecular flexibility index (Phi) is 6.73. The first-order chi connectivity index (χ1) is 9.56. The number of carbonyl (C=O) groups is 2. The zero-order valence-electron chi connectivity index (χ0n) is 12.0. The highest BCUT2D eigenvalue weighted by Crippen LogP contribution is 2.16. The summed E-state index contributed by atoms with van der Waals surface area (Å²) in [7, 11) is 0. The van der Waals surface area contributed by atoms with Crippen LogP contribution < -0.4 is 10.6 Å². The summed E-state index contributed by atoms with van der Waals surface area (Å²) < 4.78 is 0. The molecule has 0 fully saturated rings. The first kappa shape index (κ1) is 16.2. The van der Waals surface area contributed by atoms with Crippen molar-refractivity contribution in [2.24, 2.45) is 5.92 Å². The van der Waals surface area contributed by atoms with Crippen LogP contribution in [0, 0.1) is 5.92 Å². The van der Waals surface area contributed by atoms with Crippen LogP contribution in [0.4, 0.5) is 5.69 Å². The molecular formula is C15H22N2O3. The summed E-state index contributed by atoms with van der Waals surface area (Å²) in [6.45, 7) is 3.82. The van der Waals surface area contributed by atoms with E-state index in [0.717, 1.165) is 12.0 Å². The molecule has 0 aliphatic rings. The molecule has 1 atom stereocenters. The van der Waals surface area contributed by atoms with Crippen molar-refractivity contribution in [3.05, 3.63) is 29.8 Å². The molecule has 0 radical (unpaired) electrons. The van der Waals surface area contributed by atoms with Crippen LogP contribution in [-0.2, 0) is 16.1 Å². The van der Waals surface area contributed by atoms with Gasteiger partial charge < -0.3 is 15.7 Å². The molecule has 3 N–H and O–H groups in total. The van der Waals surface area contributed by atoms with Crippen molar-refractivity contribution in [3.8, 4) is 0 Å². The third-order valence-electron chi connectivity index (χ3n) is 3.14. The Morgan fingerprint density at radius 1 is 1.25 bits per heavy atom. The van der Waals surface area contributed by atoms with Gasteiger partial charge in [-0.15, -0.1) is 0 Å². The monoisotopic (exact) mass is 278 g/mol. The highest BCUT2D eigenvalue weighted by molar-refractivity contribution is 5.91. The fraction of sp³-hybridized carbons (Fsp3) is 0.467. The van der Waals surface area contributed by atoms with E-state index in [0.29, 0.717) is 18.0 Å². The van der Waals surface area contributed by atoms with Crippen LogP contribution in [-0.4, -0.2) is 23.5 Å². The molecule has 1 unspecified atom stereocenters. The van der Waals surface area contributed by atoms with Gasteiger partial charge in [0, 0.05) is 18.7 Å². The van der Waals surface area contributed by atoms with Crippen molar-refractivity contribution >= 4 is 17.5 Å². The molecule has 5 nitrogen and oxygen atoms in total. The SMILES string of the molecule is CCC(C)CC(=O)Nc1ccccc1CNC(=O)CO. The van der Waals surface area contributed by atoms with Gasteiger partial charge in [-0.05, 0) is 17.5 Å². The fourth-order valence-electron chi connectivity index (χ4n) is 1.71. The Hall–Kier alpha value is -1.88. The quantitative estimate of drug-likeness (QED) is 0.710. The van der Waals surface area contributed by atoms with Crippen LogP contribution in [0.5, 0.6) is 0 Å². The third-order valence-corrected chi connectivity index (χ3v) is 3.14. The van der Waals surface area contributed by atoms with Gasteiger partial charge in [0.1, 0.15) is 6.61 Å². The van der Waals surface area contributed by atoms with E-state index in [1.54, 1.807) is 6.07 Å². The Labute approximate surface area is 119 Å². The maximum Gasteiger partial charge on any atom is 0.245 e. The van der Waals surface area contributed by atoms with Crippen molar-refractivity contribution in [3.63, 3.8) is 0 Å². The highest BCUT2D eigenvalue weighted by atomic mass is 16.3. The molecule has 2 amide bonds. The van der Waals surface area contributed by atoms with Gasteiger partial charge in [0.25, 0.3) is 0 Å². The summed E-state index contributed by atoms with van der Waals surface area (Å²) in [6.07, 6.45) is 1.44.